The summed E-state index contributed by atoms with van der Waals surface area (Å²) in [5.41, 5.74) is 2.00. The van der Waals surface area contributed by atoms with Crippen LogP contribution in [-0.2, 0) is 4.79 Å². The maximum atomic E-state index is 11.8. The minimum absolute atomic E-state index is 0.0467. The van der Waals surface area contributed by atoms with Crippen molar-refractivity contribution in [1.82, 2.24) is 5.32 Å². The number of rotatable bonds is 2. The van der Waals surface area contributed by atoms with Crippen LogP contribution >= 0.6 is 11.8 Å². The van der Waals surface area contributed by atoms with E-state index in [1.54, 1.807) is 11.8 Å². The highest BCUT2D eigenvalue weighted by Crippen LogP contribution is 2.15. The summed E-state index contributed by atoms with van der Waals surface area (Å²) in [4.78, 5) is 11.8. The van der Waals surface area contributed by atoms with Gasteiger partial charge in [0.15, 0.2) is 0 Å². The number of carbonyl (C=O) groups excluding carboxylic acids is 1. The van der Waals surface area contributed by atoms with E-state index in [9.17, 15) is 4.79 Å². The fourth-order valence-electron chi connectivity index (χ4n) is 1.50. The summed E-state index contributed by atoms with van der Waals surface area (Å²) in [7, 11) is 0. The highest BCUT2D eigenvalue weighted by atomic mass is 32.2. The molecule has 1 aromatic carbocycles. The van der Waals surface area contributed by atoms with Crippen LogP contribution in [0.4, 0.5) is 5.69 Å². The van der Waals surface area contributed by atoms with Crippen molar-refractivity contribution < 1.29 is 4.79 Å². The predicted molar refractivity (Wildman–Crippen MR) is 64.1 cm³/mol. The largest absolute Gasteiger partial charge is 0.324 e. The Labute approximate surface area is 93.6 Å². The minimum atomic E-state index is -0.0467. The molecule has 1 saturated heterocycles. The molecule has 80 valence electrons. The first kappa shape index (κ1) is 10.5. The van der Waals surface area contributed by atoms with E-state index >= 15 is 0 Å². The standard InChI is InChI=1S/C11H14N2OS/c1-8-4-2-3-5-9(8)13-11(14)10-6-15-7-12-10/h2-5,10,12H,6-7H2,1H3,(H,13,14). The number of nitrogens with one attached hydrogen (secondary N) is 2. The smallest absolute Gasteiger partial charge is 0.242 e. The number of thioether (sulfide) groups is 1. The summed E-state index contributed by atoms with van der Waals surface area (Å²) in [6.07, 6.45) is 0. The molecule has 15 heavy (non-hydrogen) atoms. The lowest BCUT2D eigenvalue weighted by atomic mass is 10.2. The molecule has 1 heterocycles. The van der Waals surface area contributed by atoms with E-state index in [0.29, 0.717) is 0 Å². The fourth-order valence-corrected chi connectivity index (χ4v) is 2.44. The third-order valence-corrected chi connectivity index (χ3v) is 3.38. The van der Waals surface area contributed by atoms with Gasteiger partial charge in [0, 0.05) is 17.3 Å². The van der Waals surface area contributed by atoms with E-state index in [-0.39, 0.29) is 11.9 Å². The molecule has 1 fully saturated rings. The molecule has 0 spiro atoms. The number of hydrogen-bond acceptors (Lipinski definition) is 3. The molecule has 1 amide bonds. The number of anilines is 1. The van der Waals surface area contributed by atoms with Crippen LogP contribution in [0.5, 0.6) is 0 Å². The predicted octanol–water partition coefficient (Wildman–Crippen LogP) is 1.60. The van der Waals surface area contributed by atoms with Crippen LogP contribution in [0, 0.1) is 6.92 Å². The van der Waals surface area contributed by atoms with Crippen LogP contribution in [0.15, 0.2) is 24.3 Å². The molecule has 1 unspecified atom stereocenters. The summed E-state index contributed by atoms with van der Waals surface area (Å²) in [5, 5.41) is 6.08. The first-order chi connectivity index (χ1) is 7.27. The molecule has 4 heteroatoms. The second kappa shape index (κ2) is 4.68. The number of carbonyl (C=O) groups is 1. The van der Waals surface area contributed by atoms with Gasteiger partial charge in [-0.25, -0.2) is 0 Å². The van der Waals surface area contributed by atoms with E-state index in [0.717, 1.165) is 22.9 Å². The van der Waals surface area contributed by atoms with Gasteiger partial charge in [-0.1, -0.05) is 18.2 Å². The van der Waals surface area contributed by atoms with Crippen LogP contribution in [0.1, 0.15) is 5.56 Å². The van der Waals surface area contributed by atoms with E-state index in [1.807, 2.05) is 31.2 Å². The molecule has 1 aromatic rings. The number of hydrogen-bond donors (Lipinski definition) is 2. The van der Waals surface area contributed by atoms with E-state index < -0.39 is 0 Å². The second-order valence-corrected chi connectivity index (χ2v) is 4.61. The molecular formula is C11H14N2OS. The van der Waals surface area contributed by atoms with E-state index in [1.165, 1.54) is 0 Å². The van der Waals surface area contributed by atoms with Crippen molar-refractivity contribution in [3.8, 4) is 0 Å². The van der Waals surface area contributed by atoms with Crippen molar-refractivity contribution in [2.75, 3.05) is 16.9 Å². The summed E-state index contributed by atoms with van der Waals surface area (Å²) in [5.74, 6) is 1.79. The van der Waals surface area contributed by atoms with Gasteiger partial charge >= 0.3 is 0 Å². The summed E-state index contributed by atoms with van der Waals surface area (Å²) in [6.45, 7) is 1.99. The van der Waals surface area contributed by atoms with Gasteiger partial charge in [-0.2, -0.15) is 0 Å². The molecule has 1 aliphatic heterocycles. The molecular weight excluding hydrogens is 208 g/mol. The van der Waals surface area contributed by atoms with Crippen LogP contribution in [0.25, 0.3) is 0 Å². The lowest BCUT2D eigenvalue weighted by Crippen LogP contribution is -2.37. The maximum Gasteiger partial charge on any atom is 0.242 e. The van der Waals surface area contributed by atoms with Gasteiger partial charge in [0.2, 0.25) is 5.91 Å². The zero-order chi connectivity index (χ0) is 10.7. The van der Waals surface area contributed by atoms with Crippen LogP contribution in [0.2, 0.25) is 0 Å². The van der Waals surface area contributed by atoms with Gasteiger partial charge in [0.05, 0.1) is 6.04 Å². The van der Waals surface area contributed by atoms with E-state index in [4.69, 9.17) is 0 Å². The zero-order valence-electron chi connectivity index (χ0n) is 8.62. The van der Waals surface area contributed by atoms with Gasteiger partial charge in [0.1, 0.15) is 0 Å². The normalized spacial score (nSPS) is 20.2. The average molecular weight is 222 g/mol. The van der Waals surface area contributed by atoms with Gasteiger partial charge in [-0.15, -0.1) is 11.8 Å². The van der Waals surface area contributed by atoms with Crippen molar-refractivity contribution >= 4 is 23.4 Å². The lowest BCUT2D eigenvalue weighted by Gasteiger charge is -2.11. The Bertz CT molecular complexity index is 361. The molecule has 0 aliphatic carbocycles. The fraction of sp³-hybridized carbons (Fsp3) is 0.364. The van der Waals surface area contributed by atoms with Gasteiger partial charge < -0.3 is 5.32 Å². The molecule has 3 nitrogen and oxygen atoms in total. The third-order valence-electron chi connectivity index (χ3n) is 2.44. The number of benzene rings is 1. The highest BCUT2D eigenvalue weighted by molar-refractivity contribution is 7.99. The number of amides is 1. The van der Waals surface area contributed by atoms with Gasteiger partial charge in [-0.05, 0) is 18.6 Å². The molecule has 2 N–H and O–H groups in total. The Hall–Kier alpha value is -1.000. The van der Waals surface area contributed by atoms with Crippen LogP contribution in [0.3, 0.4) is 0 Å². The Balaban J connectivity index is 2.02. The van der Waals surface area contributed by atoms with Crippen molar-refractivity contribution in [3.05, 3.63) is 29.8 Å². The Kier molecular flexibility index (Phi) is 3.28. The van der Waals surface area contributed by atoms with Gasteiger partial charge in [-0.3, -0.25) is 10.1 Å². The average Bonchev–Trinajstić information content (AvgIpc) is 2.74. The van der Waals surface area contributed by atoms with Crippen LogP contribution < -0.4 is 10.6 Å². The third kappa shape index (κ3) is 2.52. The first-order valence-corrected chi connectivity index (χ1v) is 6.10. The van der Waals surface area contributed by atoms with Crippen molar-refractivity contribution in [1.29, 1.82) is 0 Å². The number of aryl methyl sites for hydroxylation is 1. The molecule has 1 atom stereocenters. The van der Waals surface area contributed by atoms with Crippen LogP contribution in [-0.4, -0.2) is 23.6 Å². The molecule has 1 aliphatic rings. The molecule has 0 bridgehead atoms. The summed E-state index contributed by atoms with van der Waals surface area (Å²) in [6, 6.07) is 7.77. The molecule has 0 radical (unpaired) electrons. The van der Waals surface area contributed by atoms with Crippen molar-refractivity contribution in [3.63, 3.8) is 0 Å². The lowest BCUT2D eigenvalue weighted by molar-refractivity contribution is -0.117. The maximum absolute atomic E-state index is 11.8. The topological polar surface area (TPSA) is 41.1 Å². The van der Waals surface area contributed by atoms with Crippen molar-refractivity contribution in [2.24, 2.45) is 0 Å². The quantitative estimate of drug-likeness (QED) is 0.798. The summed E-state index contributed by atoms with van der Waals surface area (Å²) >= 11 is 1.75. The van der Waals surface area contributed by atoms with Crippen molar-refractivity contribution in [2.45, 2.75) is 13.0 Å². The monoisotopic (exact) mass is 222 g/mol. The Morgan fingerprint density at radius 3 is 3.00 bits per heavy atom. The highest BCUT2D eigenvalue weighted by Gasteiger charge is 2.22. The second-order valence-electron chi connectivity index (χ2n) is 3.58. The van der Waals surface area contributed by atoms with Gasteiger partial charge in [0.25, 0.3) is 0 Å². The Morgan fingerprint density at radius 2 is 2.33 bits per heavy atom. The Morgan fingerprint density at radius 1 is 1.53 bits per heavy atom. The van der Waals surface area contributed by atoms with E-state index in [2.05, 4.69) is 10.6 Å². The SMILES string of the molecule is Cc1ccccc1NC(=O)C1CSCN1. The first-order valence-electron chi connectivity index (χ1n) is 4.95. The molecule has 2 rings (SSSR count). The molecule has 0 aromatic heterocycles. The zero-order valence-corrected chi connectivity index (χ0v) is 9.43. The minimum Gasteiger partial charge on any atom is -0.324 e. The number of para-hydroxylation sites is 1. The summed E-state index contributed by atoms with van der Waals surface area (Å²) < 4.78 is 0. The molecule has 0 saturated carbocycles.